The summed E-state index contributed by atoms with van der Waals surface area (Å²) in [6.07, 6.45) is 3.76. The predicted molar refractivity (Wildman–Crippen MR) is 175 cm³/mol. The number of hydrogen-bond donors (Lipinski definition) is 3. The van der Waals surface area contributed by atoms with Gasteiger partial charge in [-0.15, -0.1) is 0 Å². The number of aromatic amines is 1. The van der Waals surface area contributed by atoms with Crippen LogP contribution in [0, 0.1) is 11.8 Å². The fourth-order valence-corrected chi connectivity index (χ4v) is 5.67. The molecule has 11 heteroatoms. The number of carbonyl (C=O) groups excluding carboxylic acids is 4. The zero-order valence-corrected chi connectivity index (χ0v) is 27.4. The van der Waals surface area contributed by atoms with Crippen LogP contribution in [-0.2, 0) is 25.5 Å². The summed E-state index contributed by atoms with van der Waals surface area (Å²) in [7, 11) is 5.82. The zero-order chi connectivity index (χ0) is 32.9. The van der Waals surface area contributed by atoms with Crippen LogP contribution in [-0.4, -0.2) is 77.9 Å². The topological polar surface area (TPSA) is 137 Å². The van der Waals surface area contributed by atoms with Crippen molar-refractivity contribution in [2.45, 2.75) is 71.4 Å². The molecule has 1 aromatic heterocycles. The number of aromatic nitrogens is 2. The van der Waals surface area contributed by atoms with E-state index in [9.17, 15) is 19.2 Å². The van der Waals surface area contributed by atoms with Crippen molar-refractivity contribution in [1.82, 2.24) is 20.2 Å². The molecule has 1 atom stereocenters. The third-order valence-corrected chi connectivity index (χ3v) is 8.03. The van der Waals surface area contributed by atoms with Crippen molar-refractivity contribution >= 4 is 46.1 Å². The standard InChI is InChI=1S/C34H46N6O5/c1-21(41)40(7)26-10-8-9-23(17-26)18-29(38-31(42)24-13-11-22(12-14-24)20-39(5)6)32(43)35-25-15-16-27-28(19-25)37-30(36-27)33(44)45-34(2,3)4/h8-10,15-17,19,22,24,29H,11-14,18,20H2,1-7H3,(H,35,43)(H,36,37)(H,38,42)/t22?,24?,29-/m0/s1. The van der Waals surface area contributed by atoms with Crippen LogP contribution >= 0.6 is 0 Å². The van der Waals surface area contributed by atoms with Gasteiger partial charge < -0.3 is 30.2 Å². The van der Waals surface area contributed by atoms with Crippen LogP contribution in [0.2, 0.25) is 0 Å². The van der Waals surface area contributed by atoms with Gasteiger partial charge in [0, 0.05) is 44.2 Å². The first-order valence-electron chi connectivity index (χ1n) is 15.5. The lowest BCUT2D eigenvalue weighted by Gasteiger charge is -2.30. The quantitative estimate of drug-likeness (QED) is 0.284. The summed E-state index contributed by atoms with van der Waals surface area (Å²) in [6.45, 7) is 7.84. The third kappa shape index (κ3) is 9.37. The first-order valence-corrected chi connectivity index (χ1v) is 15.5. The summed E-state index contributed by atoms with van der Waals surface area (Å²) in [5.74, 6) is -0.685. The van der Waals surface area contributed by atoms with E-state index in [1.165, 1.54) is 11.8 Å². The number of rotatable bonds is 10. The minimum Gasteiger partial charge on any atom is -0.454 e. The van der Waals surface area contributed by atoms with E-state index in [0.29, 0.717) is 28.3 Å². The molecule has 3 amide bonds. The Balaban J connectivity index is 1.52. The maximum atomic E-state index is 13.7. The highest BCUT2D eigenvalue weighted by Gasteiger charge is 2.30. The van der Waals surface area contributed by atoms with Gasteiger partial charge in [-0.05, 0) is 102 Å². The Bertz CT molecular complexity index is 1530. The van der Waals surface area contributed by atoms with E-state index in [1.54, 1.807) is 46.0 Å². The lowest BCUT2D eigenvalue weighted by atomic mass is 9.81. The number of nitrogens with one attached hydrogen (secondary N) is 3. The van der Waals surface area contributed by atoms with E-state index < -0.39 is 17.6 Å². The molecule has 3 aromatic rings. The number of hydrogen-bond acceptors (Lipinski definition) is 7. The maximum Gasteiger partial charge on any atom is 0.374 e. The Morgan fingerprint density at radius 3 is 2.38 bits per heavy atom. The van der Waals surface area contributed by atoms with Gasteiger partial charge >= 0.3 is 5.97 Å². The zero-order valence-electron chi connectivity index (χ0n) is 27.4. The van der Waals surface area contributed by atoms with Gasteiger partial charge in [0.05, 0.1) is 11.0 Å². The summed E-state index contributed by atoms with van der Waals surface area (Å²) >= 11 is 0. The summed E-state index contributed by atoms with van der Waals surface area (Å²) < 4.78 is 5.42. The summed E-state index contributed by atoms with van der Waals surface area (Å²) in [6, 6.07) is 11.6. The van der Waals surface area contributed by atoms with Crippen molar-refractivity contribution in [1.29, 1.82) is 0 Å². The lowest BCUT2D eigenvalue weighted by molar-refractivity contribution is -0.130. The highest BCUT2D eigenvalue weighted by molar-refractivity contribution is 5.99. The summed E-state index contributed by atoms with van der Waals surface area (Å²) in [5, 5.41) is 5.97. The molecule has 0 bridgehead atoms. The van der Waals surface area contributed by atoms with Gasteiger partial charge in [-0.2, -0.15) is 0 Å². The van der Waals surface area contributed by atoms with Gasteiger partial charge in [-0.1, -0.05) is 12.1 Å². The number of esters is 1. The molecule has 0 spiro atoms. The lowest BCUT2D eigenvalue weighted by Crippen LogP contribution is -2.48. The van der Waals surface area contributed by atoms with Gasteiger partial charge in [-0.25, -0.2) is 9.78 Å². The second-order valence-electron chi connectivity index (χ2n) is 13.3. The second kappa shape index (κ2) is 14.2. The number of imidazole rings is 1. The molecule has 242 valence electrons. The van der Waals surface area contributed by atoms with Gasteiger partial charge in [0.2, 0.25) is 23.5 Å². The van der Waals surface area contributed by atoms with E-state index in [2.05, 4.69) is 39.6 Å². The number of benzene rings is 2. The van der Waals surface area contributed by atoms with E-state index in [1.807, 2.05) is 24.3 Å². The van der Waals surface area contributed by atoms with Crippen LogP contribution in [0.4, 0.5) is 11.4 Å². The molecule has 1 fully saturated rings. The van der Waals surface area contributed by atoms with Gasteiger partial charge in [0.1, 0.15) is 11.6 Å². The molecule has 3 N–H and O–H groups in total. The number of carbonyl (C=O) groups is 4. The van der Waals surface area contributed by atoms with E-state index >= 15 is 0 Å². The summed E-state index contributed by atoms with van der Waals surface area (Å²) in [4.78, 5) is 62.7. The Morgan fingerprint density at radius 2 is 1.73 bits per heavy atom. The first kappa shape index (κ1) is 33.6. The molecule has 1 aliphatic carbocycles. The van der Waals surface area contributed by atoms with Crippen molar-refractivity contribution in [3.63, 3.8) is 0 Å². The number of anilines is 2. The molecule has 0 aliphatic heterocycles. The summed E-state index contributed by atoms with van der Waals surface area (Å²) in [5.41, 5.74) is 2.44. The van der Waals surface area contributed by atoms with Crippen LogP contribution in [0.3, 0.4) is 0 Å². The molecule has 1 heterocycles. The third-order valence-electron chi connectivity index (χ3n) is 8.03. The van der Waals surface area contributed by atoms with Gasteiger partial charge in [0.25, 0.3) is 0 Å². The molecule has 0 saturated heterocycles. The maximum absolute atomic E-state index is 13.7. The average Bonchev–Trinajstić information content (AvgIpc) is 3.39. The molecule has 1 aliphatic rings. The molecule has 4 rings (SSSR count). The Kier molecular flexibility index (Phi) is 10.6. The van der Waals surface area contributed by atoms with Crippen LogP contribution in [0.15, 0.2) is 42.5 Å². The molecule has 0 radical (unpaired) electrons. The smallest absolute Gasteiger partial charge is 0.374 e. The van der Waals surface area contributed by atoms with Crippen LogP contribution in [0.25, 0.3) is 11.0 Å². The number of ether oxygens (including phenoxy) is 1. The number of nitrogens with zero attached hydrogens (tertiary/aromatic N) is 3. The SMILES string of the molecule is CC(=O)N(C)c1cccc(C[C@H](NC(=O)C2CCC(CN(C)C)CC2)C(=O)Nc2ccc3nc(C(=O)OC(C)(C)C)[nH]c3c2)c1. The molecule has 11 nitrogen and oxygen atoms in total. The van der Waals surface area contributed by atoms with Crippen LogP contribution < -0.4 is 15.5 Å². The fourth-order valence-electron chi connectivity index (χ4n) is 5.67. The fraction of sp³-hybridized carbons (Fsp3) is 0.500. The minimum atomic E-state index is -0.857. The molecular formula is C34H46N6O5. The predicted octanol–water partition coefficient (Wildman–Crippen LogP) is 4.53. The number of H-pyrrole nitrogens is 1. The Labute approximate surface area is 265 Å². The normalized spacial score (nSPS) is 17.5. The monoisotopic (exact) mass is 618 g/mol. The van der Waals surface area contributed by atoms with Crippen molar-refractivity contribution in [3.05, 3.63) is 53.9 Å². The van der Waals surface area contributed by atoms with Crippen molar-refractivity contribution < 1.29 is 23.9 Å². The van der Waals surface area contributed by atoms with E-state index in [0.717, 1.165) is 37.8 Å². The highest BCUT2D eigenvalue weighted by atomic mass is 16.6. The Morgan fingerprint density at radius 1 is 1.02 bits per heavy atom. The van der Waals surface area contributed by atoms with Crippen LogP contribution in [0.5, 0.6) is 0 Å². The van der Waals surface area contributed by atoms with Gasteiger partial charge in [0.15, 0.2) is 0 Å². The second-order valence-corrected chi connectivity index (χ2v) is 13.3. The van der Waals surface area contributed by atoms with Crippen LogP contribution in [0.1, 0.15) is 69.6 Å². The van der Waals surface area contributed by atoms with Crippen molar-refractivity contribution in [2.24, 2.45) is 11.8 Å². The molecule has 0 unspecified atom stereocenters. The molecule has 2 aromatic carbocycles. The van der Waals surface area contributed by atoms with E-state index in [4.69, 9.17) is 4.74 Å². The molecular weight excluding hydrogens is 572 g/mol. The largest absolute Gasteiger partial charge is 0.454 e. The van der Waals surface area contributed by atoms with Gasteiger partial charge in [-0.3, -0.25) is 14.4 Å². The number of amides is 3. The molecule has 45 heavy (non-hydrogen) atoms. The minimum absolute atomic E-state index is 0.0734. The van der Waals surface area contributed by atoms with Crippen molar-refractivity contribution in [2.75, 3.05) is 37.9 Å². The average molecular weight is 619 g/mol. The number of fused-ring (bicyclic) bond motifs is 1. The molecule has 1 saturated carbocycles. The van der Waals surface area contributed by atoms with E-state index in [-0.39, 0.29) is 35.9 Å². The first-order chi connectivity index (χ1) is 21.2. The highest BCUT2D eigenvalue weighted by Crippen LogP contribution is 2.29. The Hall–Kier alpha value is -4.25. The van der Waals surface area contributed by atoms with Crippen molar-refractivity contribution in [3.8, 4) is 0 Å².